The highest BCUT2D eigenvalue weighted by Crippen LogP contribution is 2.42. The SMILES string of the molecule is C=C(C)C1=C/CSc2c(/C(=C/C=C\C)C(=C)c3ccccc3CCC)cccc2C(CC)/C=C\1. The molecule has 0 fully saturated rings. The lowest BCUT2D eigenvalue weighted by molar-refractivity contribution is 0.787. The van der Waals surface area contributed by atoms with Crippen LogP contribution in [0, 0.1) is 0 Å². The van der Waals surface area contributed by atoms with Gasteiger partial charge in [-0.1, -0.05) is 118 Å². The molecule has 0 amide bonds. The second-order valence-corrected chi connectivity index (χ2v) is 9.87. The van der Waals surface area contributed by atoms with Crippen molar-refractivity contribution in [3.8, 4) is 0 Å². The van der Waals surface area contributed by atoms with E-state index in [0.29, 0.717) is 5.92 Å². The minimum atomic E-state index is 0.368. The van der Waals surface area contributed by atoms with Crippen molar-refractivity contribution < 1.29 is 0 Å². The Kier molecular flexibility index (Phi) is 9.60. The first-order chi connectivity index (χ1) is 16.5. The summed E-state index contributed by atoms with van der Waals surface area (Å²) < 4.78 is 0. The first-order valence-corrected chi connectivity index (χ1v) is 13.4. The molecule has 0 nitrogen and oxygen atoms in total. The van der Waals surface area contributed by atoms with Gasteiger partial charge in [-0.05, 0) is 65.7 Å². The lowest BCUT2D eigenvalue weighted by atomic mass is 9.86. The molecule has 0 saturated carbocycles. The van der Waals surface area contributed by atoms with E-state index in [1.165, 1.54) is 38.3 Å². The van der Waals surface area contributed by atoms with E-state index in [1.807, 2.05) is 11.8 Å². The third-order valence-corrected chi connectivity index (χ3v) is 7.43. The summed E-state index contributed by atoms with van der Waals surface area (Å²) in [6.07, 6.45) is 16.6. The Morgan fingerprint density at radius 3 is 2.53 bits per heavy atom. The van der Waals surface area contributed by atoms with E-state index < -0.39 is 0 Å². The van der Waals surface area contributed by atoms with Crippen LogP contribution in [0.5, 0.6) is 0 Å². The molecule has 34 heavy (non-hydrogen) atoms. The van der Waals surface area contributed by atoms with E-state index in [0.717, 1.165) is 36.2 Å². The standard InChI is InChI=1S/C33H38S/c1-7-10-16-30(25(6)29-17-12-11-15-28(29)14-8-2)32-19-13-18-31-26(9-3)20-21-27(24(4)5)22-23-34-33(31)32/h7,10-13,15-22,26H,4,6,8-9,14,23H2,1-3,5H3/b10-7-,21-20-,27-22+,30-16+. The predicted octanol–water partition coefficient (Wildman–Crippen LogP) is 9.97. The minimum absolute atomic E-state index is 0.368. The van der Waals surface area contributed by atoms with Crippen molar-refractivity contribution in [2.75, 3.05) is 5.75 Å². The van der Waals surface area contributed by atoms with Crippen LogP contribution in [0.25, 0.3) is 11.1 Å². The van der Waals surface area contributed by atoms with E-state index in [-0.39, 0.29) is 0 Å². The van der Waals surface area contributed by atoms with Crippen LogP contribution in [0.15, 0.2) is 108 Å². The molecule has 0 aliphatic carbocycles. The van der Waals surface area contributed by atoms with Gasteiger partial charge in [0, 0.05) is 16.6 Å². The van der Waals surface area contributed by atoms with E-state index in [9.17, 15) is 0 Å². The molecule has 1 heteroatoms. The first kappa shape index (κ1) is 25.8. The van der Waals surface area contributed by atoms with Gasteiger partial charge in [0.1, 0.15) is 0 Å². The highest BCUT2D eigenvalue weighted by Gasteiger charge is 2.20. The monoisotopic (exact) mass is 466 g/mol. The lowest BCUT2D eigenvalue weighted by Gasteiger charge is -2.22. The minimum Gasteiger partial charge on any atom is -0.121 e. The van der Waals surface area contributed by atoms with Crippen molar-refractivity contribution in [1.82, 2.24) is 0 Å². The van der Waals surface area contributed by atoms with Gasteiger partial charge in [0.2, 0.25) is 0 Å². The molecule has 0 aromatic heterocycles. The highest BCUT2D eigenvalue weighted by atomic mass is 32.2. The summed E-state index contributed by atoms with van der Waals surface area (Å²) in [6, 6.07) is 15.5. The van der Waals surface area contributed by atoms with Gasteiger partial charge in [0.25, 0.3) is 0 Å². The van der Waals surface area contributed by atoms with Crippen LogP contribution in [-0.2, 0) is 6.42 Å². The molecule has 0 spiro atoms. The third kappa shape index (κ3) is 6.02. The number of aryl methyl sites for hydroxylation is 1. The Hall–Kier alpha value is -2.77. The molecule has 1 unspecified atom stereocenters. The van der Waals surface area contributed by atoms with Gasteiger partial charge in [-0.25, -0.2) is 0 Å². The first-order valence-electron chi connectivity index (χ1n) is 12.4. The second-order valence-electron chi connectivity index (χ2n) is 8.84. The van der Waals surface area contributed by atoms with Gasteiger partial charge < -0.3 is 0 Å². The van der Waals surface area contributed by atoms with Crippen LogP contribution in [0.1, 0.15) is 68.7 Å². The van der Waals surface area contributed by atoms with Crippen molar-refractivity contribution in [3.63, 3.8) is 0 Å². The quantitative estimate of drug-likeness (QED) is 0.349. The second kappa shape index (κ2) is 12.6. The van der Waals surface area contributed by atoms with Gasteiger partial charge in [0.15, 0.2) is 0 Å². The van der Waals surface area contributed by atoms with Gasteiger partial charge in [0.05, 0.1) is 0 Å². The smallest absolute Gasteiger partial charge is 0.0192 e. The fraction of sp³-hybridized carbons (Fsp3) is 0.273. The van der Waals surface area contributed by atoms with Gasteiger partial charge in [-0.15, -0.1) is 11.8 Å². The topological polar surface area (TPSA) is 0 Å². The summed E-state index contributed by atoms with van der Waals surface area (Å²) in [5.41, 5.74) is 9.95. The van der Waals surface area contributed by atoms with E-state index in [2.05, 4.69) is 120 Å². The van der Waals surface area contributed by atoms with E-state index in [4.69, 9.17) is 0 Å². The zero-order valence-electron chi connectivity index (χ0n) is 21.2. The molecule has 1 aliphatic heterocycles. The molecule has 1 atom stereocenters. The molecule has 2 aromatic rings. The number of thioether (sulfide) groups is 1. The van der Waals surface area contributed by atoms with E-state index >= 15 is 0 Å². The third-order valence-electron chi connectivity index (χ3n) is 6.35. The Labute approximate surface area is 211 Å². The fourth-order valence-electron chi connectivity index (χ4n) is 4.49. The summed E-state index contributed by atoms with van der Waals surface area (Å²) in [5.74, 6) is 1.29. The Balaban J connectivity index is 2.18. The van der Waals surface area contributed by atoms with Gasteiger partial charge >= 0.3 is 0 Å². The Bertz CT molecular complexity index is 1150. The zero-order valence-corrected chi connectivity index (χ0v) is 22.1. The summed E-state index contributed by atoms with van der Waals surface area (Å²) in [6.45, 7) is 17.5. The molecular weight excluding hydrogens is 428 g/mol. The molecule has 0 bridgehead atoms. The normalized spacial score (nSPS) is 18.9. The molecular formula is C33H38S. The fourth-order valence-corrected chi connectivity index (χ4v) is 5.64. The van der Waals surface area contributed by atoms with Crippen molar-refractivity contribution in [2.24, 2.45) is 0 Å². The average Bonchev–Trinajstić information content (AvgIpc) is 2.93. The highest BCUT2D eigenvalue weighted by molar-refractivity contribution is 7.99. The molecule has 0 radical (unpaired) electrons. The maximum absolute atomic E-state index is 4.63. The average molecular weight is 467 g/mol. The molecule has 2 aromatic carbocycles. The maximum Gasteiger partial charge on any atom is 0.0192 e. The van der Waals surface area contributed by atoms with Crippen molar-refractivity contribution in [2.45, 2.75) is 57.8 Å². The molecule has 176 valence electrons. The van der Waals surface area contributed by atoms with Crippen LogP contribution in [0.2, 0.25) is 0 Å². The molecule has 1 aliphatic rings. The summed E-state index contributed by atoms with van der Waals surface area (Å²) in [7, 11) is 0. The number of fused-ring (bicyclic) bond motifs is 1. The maximum atomic E-state index is 4.63. The van der Waals surface area contributed by atoms with Gasteiger partial charge in [-0.2, -0.15) is 0 Å². The summed E-state index contributed by atoms with van der Waals surface area (Å²) in [5, 5.41) is 0. The molecule has 0 N–H and O–H groups in total. The van der Waals surface area contributed by atoms with Crippen molar-refractivity contribution in [1.29, 1.82) is 0 Å². The van der Waals surface area contributed by atoms with Gasteiger partial charge in [-0.3, -0.25) is 0 Å². The van der Waals surface area contributed by atoms with Crippen molar-refractivity contribution in [3.05, 3.63) is 125 Å². The van der Waals surface area contributed by atoms with E-state index in [1.54, 1.807) is 0 Å². The Morgan fingerprint density at radius 2 is 1.82 bits per heavy atom. The van der Waals surface area contributed by atoms with Crippen LogP contribution >= 0.6 is 11.8 Å². The molecule has 3 rings (SSSR count). The Morgan fingerprint density at radius 1 is 1.06 bits per heavy atom. The lowest BCUT2D eigenvalue weighted by Crippen LogP contribution is -2.02. The van der Waals surface area contributed by atoms with Crippen LogP contribution in [0.3, 0.4) is 0 Å². The summed E-state index contributed by atoms with van der Waals surface area (Å²) in [4.78, 5) is 1.36. The number of benzene rings is 2. The number of hydrogen-bond donors (Lipinski definition) is 0. The van der Waals surface area contributed by atoms with Crippen molar-refractivity contribution >= 4 is 22.9 Å². The number of allylic oxidation sites excluding steroid dienone is 9. The summed E-state index contributed by atoms with van der Waals surface area (Å²) >= 11 is 1.93. The molecule has 0 saturated heterocycles. The largest absolute Gasteiger partial charge is 0.121 e. The molecule has 1 heterocycles. The number of rotatable bonds is 8. The van der Waals surface area contributed by atoms with Crippen LogP contribution in [-0.4, -0.2) is 5.75 Å². The van der Waals surface area contributed by atoms with Crippen LogP contribution < -0.4 is 0 Å². The number of hydrogen-bond acceptors (Lipinski definition) is 1. The van der Waals surface area contributed by atoms with Crippen LogP contribution in [0.4, 0.5) is 0 Å². The zero-order chi connectivity index (χ0) is 24.5. The predicted molar refractivity (Wildman–Crippen MR) is 154 cm³/mol.